The summed E-state index contributed by atoms with van der Waals surface area (Å²) >= 11 is 0. The predicted octanol–water partition coefficient (Wildman–Crippen LogP) is 5.42. The third-order valence-corrected chi connectivity index (χ3v) is 8.32. The van der Waals surface area contributed by atoms with Gasteiger partial charge in [0, 0.05) is 37.3 Å². The molecule has 0 spiro atoms. The van der Waals surface area contributed by atoms with Gasteiger partial charge < -0.3 is 15.5 Å². The molecule has 7 nitrogen and oxygen atoms in total. The number of fused-ring (bicyclic) bond motifs is 1. The number of piperidine rings is 1. The molecule has 2 N–H and O–H groups in total. The van der Waals surface area contributed by atoms with Gasteiger partial charge in [0.25, 0.3) is 0 Å². The number of carbonyl (C=O) groups is 1. The lowest BCUT2D eigenvalue weighted by molar-refractivity contribution is -0.116. The van der Waals surface area contributed by atoms with Gasteiger partial charge in [0.1, 0.15) is 5.82 Å². The van der Waals surface area contributed by atoms with Crippen molar-refractivity contribution >= 4 is 29.0 Å². The molecule has 5 rings (SSSR count). The molecule has 36 heavy (non-hydrogen) atoms. The summed E-state index contributed by atoms with van der Waals surface area (Å²) in [4.78, 5) is 24.6. The second-order valence-electron chi connectivity index (χ2n) is 11.3. The molecular weight excluding hydrogens is 462 g/mol. The van der Waals surface area contributed by atoms with Crippen molar-refractivity contribution in [2.45, 2.75) is 83.3 Å². The Morgan fingerprint density at radius 1 is 1.19 bits per heavy atom. The number of benzene rings is 1. The Morgan fingerprint density at radius 2 is 1.94 bits per heavy atom. The standard InChI is InChI=1S/C27H36F2N6O/c1-15-22(13-27(3,4)35-10-6-7-23(15)35)31-25-20(29)14-30-26(33-25)32-21-12-24(34(5)16(2)36)18(11-19(21)28)17-8-9-17/h11-12,14-15,17,22-23H,6-10,13H2,1-5H3,(H2,30,31,32,33). The maximum atomic E-state index is 15.1. The Balaban J connectivity index is 1.39. The summed E-state index contributed by atoms with van der Waals surface area (Å²) in [7, 11) is 1.68. The van der Waals surface area contributed by atoms with Gasteiger partial charge >= 0.3 is 0 Å². The molecule has 3 atom stereocenters. The third kappa shape index (κ3) is 4.65. The molecule has 2 aromatic rings. The van der Waals surface area contributed by atoms with Crippen molar-refractivity contribution in [2.24, 2.45) is 5.92 Å². The highest BCUT2D eigenvalue weighted by atomic mass is 19.1. The van der Waals surface area contributed by atoms with Gasteiger partial charge in [0.05, 0.1) is 11.9 Å². The number of carbonyl (C=O) groups excluding carboxylic acids is 1. The Kier molecular flexibility index (Phi) is 6.39. The fraction of sp³-hybridized carbons (Fsp3) is 0.593. The number of rotatable bonds is 6. The van der Waals surface area contributed by atoms with Crippen molar-refractivity contribution < 1.29 is 13.6 Å². The molecule has 1 aromatic carbocycles. The normalized spacial score (nSPS) is 25.4. The highest BCUT2D eigenvalue weighted by Crippen LogP contribution is 2.46. The van der Waals surface area contributed by atoms with Crippen LogP contribution in [-0.4, -0.2) is 52.0 Å². The minimum Gasteiger partial charge on any atom is -0.364 e. The van der Waals surface area contributed by atoms with Crippen LogP contribution in [0.15, 0.2) is 18.3 Å². The largest absolute Gasteiger partial charge is 0.364 e. The van der Waals surface area contributed by atoms with E-state index in [1.54, 1.807) is 13.1 Å². The van der Waals surface area contributed by atoms with Gasteiger partial charge in [-0.25, -0.2) is 13.8 Å². The summed E-state index contributed by atoms with van der Waals surface area (Å²) in [6, 6.07) is 3.62. The summed E-state index contributed by atoms with van der Waals surface area (Å²) in [6.07, 6.45) is 6.28. The van der Waals surface area contributed by atoms with E-state index in [2.05, 4.69) is 46.3 Å². The number of amides is 1. The Hall–Kier alpha value is -2.81. The number of aromatic nitrogens is 2. The van der Waals surface area contributed by atoms with E-state index in [-0.39, 0.29) is 40.9 Å². The second-order valence-corrected chi connectivity index (χ2v) is 11.3. The number of halogens is 2. The molecule has 2 saturated heterocycles. The van der Waals surface area contributed by atoms with Gasteiger partial charge in [-0.1, -0.05) is 6.92 Å². The molecule has 2 aliphatic heterocycles. The fourth-order valence-corrected chi connectivity index (χ4v) is 6.06. The van der Waals surface area contributed by atoms with Crippen LogP contribution in [0.1, 0.15) is 71.3 Å². The van der Waals surface area contributed by atoms with Gasteiger partial charge in [-0.05, 0) is 82.0 Å². The summed E-state index contributed by atoms with van der Waals surface area (Å²) < 4.78 is 29.9. The Labute approximate surface area is 211 Å². The van der Waals surface area contributed by atoms with E-state index in [9.17, 15) is 9.18 Å². The lowest BCUT2D eigenvalue weighted by Crippen LogP contribution is -2.59. The van der Waals surface area contributed by atoms with E-state index < -0.39 is 11.6 Å². The van der Waals surface area contributed by atoms with Gasteiger partial charge in [-0.15, -0.1) is 0 Å². The van der Waals surface area contributed by atoms with Gasteiger partial charge in [0.15, 0.2) is 11.6 Å². The van der Waals surface area contributed by atoms with Crippen molar-refractivity contribution in [3.63, 3.8) is 0 Å². The van der Waals surface area contributed by atoms with Crippen LogP contribution in [-0.2, 0) is 4.79 Å². The number of anilines is 4. The van der Waals surface area contributed by atoms with Gasteiger partial charge in [-0.2, -0.15) is 4.98 Å². The number of nitrogens with one attached hydrogen (secondary N) is 2. The average Bonchev–Trinajstić information content (AvgIpc) is 3.54. The van der Waals surface area contributed by atoms with Crippen molar-refractivity contribution in [1.82, 2.24) is 14.9 Å². The zero-order valence-corrected chi connectivity index (χ0v) is 21.7. The van der Waals surface area contributed by atoms with E-state index in [4.69, 9.17) is 0 Å². The molecular formula is C27H36F2N6O. The molecule has 194 valence electrons. The van der Waals surface area contributed by atoms with Crippen LogP contribution in [0, 0.1) is 17.6 Å². The Bertz CT molecular complexity index is 1170. The Morgan fingerprint density at radius 3 is 2.64 bits per heavy atom. The molecule has 9 heteroatoms. The lowest BCUT2D eigenvalue weighted by atomic mass is 9.77. The number of hydrogen-bond acceptors (Lipinski definition) is 6. The number of hydrogen-bond donors (Lipinski definition) is 2. The summed E-state index contributed by atoms with van der Waals surface area (Å²) in [5.74, 6) is -0.320. The molecule has 1 saturated carbocycles. The molecule has 3 unspecified atom stereocenters. The first-order valence-corrected chi connectivity index (χ1v) is 13.0. The highest BCUT2D eigenvalue weighted by Gasteiger charge is 2.47. The monoisotopic (exact) mass is 498 g/mol. The van der Waals surface area contributed by atoms with Crippen LogP contribution < -0.4 is 15.5 Å². The zero-order chi connectivity index (χ0) is 25.8. The van der Waals surface area contributed by atoms with Gasteiger partial charge in [-0.3, -0.25) is 9.69 Å². The van der Waals surface area contributed by atoms with Crippen molar-refractivity contribution in [2.75, 3.05) is 29.1 Å². The third-order valence-electron chi connectivity index (χ3n) is 8.32. The molecule has 3 aliphatic rings. The lowest BCUT2D eigenvalue weighted by Gasteiger charge is -2.51. The maximum Gasteiger partial charge on any atom is 0.229 e. The van der Waals surface area contributed by atoms with Crippen molar-refractivity contribution in [3.8, 4) is 0 Å². The van der Waals surface area contributed by atoms with Crippen LogP contribution in [0.2, 0.25) is 0 Å². The second kappa shape index (κ2) is 9.25. The van der Waals surface area contributed by atoms with Gasteiger partial charge in [0.2, 0.25) is 11.9 Å². The van der Waals surface area contributed by atoms with E-state index >= 15 is 4.39 Å². The summed E-state index contributed by atoms with van der Waals surface area (Å²) in [5, 5.41) is 6.26. The smallest absolute Gasteiger partial charge is 0.229 e. The molecule has 3 heterocycles. The zero-order valence-electron chi connectivity index (χ0n) is 21.7. The van der Waals surface area contributed by atoms with Crippen LogP contribution >= 0.6 is 0 Å². The van der Waals surface area contributed by atoms with E-state index in [1.165, 1.54) is 24.3 Å². The van der Waals surface area contributed by atoms with Crippen LogP contribution in [0.25, 0.3) is 0 Å². The molecule has 0 bridgehead atoms. The molecule has 3 fully saturated rings. The van der Waals surface area contributed by atoms with Crippen LogP contribution in [0.3, 0.4) is 0 Å². The fourth-order valence-electron chi connectivity index (χ4n) is 6.06. The van der Waals surface area contributed by atoms with E-state index in [1.807, 2.05) is 0 Å². The highest BCUT2D eigenvalue weighted by molar-refractivity contribution is 5.92. The van der Waals surface area contributed by atoms with Crippen molar-refractivity contribution in [1.29, 1.82) is 0 Å². The van der Waals surface area contributed by atoms with E-state index in [0.29, 0.717) is 17.6 Å². The molecule has 0 radical (unpaired) electrons. The molecule has 1 amide bonds. The first-order chi connectivity index (χ1) is 17.0. The predicted molar refractivity (Wildman–Crippen MR) is 138 cm³/mol. The van der Waals surface area contributed by atoms with E-state index in [0.717, 1.165) is 44.0 Å². The summed E-state index contributed by atoms with van der Waals surface area (Å²) in [5.41, 5.74) is 1.65. The maximum absolute atomic E-state index is 15.1. The first kappa shape index (κ1) is 24.9. The first-order valence-electron chi connectivity index (χ1n) is 13.0. The molecule has 1 aromatic heterocycles. The summed E-state index contributed by atoms with van der Waals surface area (Å²) in [6.45, 7) is 9.30. The minimum absolute atomic E-state index is 0.0154. The topological polar surface area (TPSA) is 73.4 Å². The average molecular weight is 499 g/mol. The molecule has 1 aliphatic carbocycles. The minimum atomic E-state index is -0.541. The SMILES string of the molecule is CC(=O)N(C)c1cc(Nc2ncc(F)c(NC3CC(C)(C)N4CCCC4C3C)n2)c(F)cc1C1CC1. The van der Waals surface area contributed by atoms with Crippen molar-refractivity contribution in [3.05, 3.63) is 35.5 Å². The van der Waals surface area contributed by atoms with Crippen LogP contribution in [0.5, 0.6) is 0 Å². The quantitative estimate of drug-likeness (QED) is 0.554. The number of nitrogens with zero attached hydrogens (tertiary/aromatic N) is 4. The van der Waals surface area contributed by atoms with Crippen LogP contribution in [0.4, 0.5) is 31.9 Å².